The maximum Gasteiger partial charge on any atom is 0.302 e. The standard InChI is InChI=1S/C10H8ClF3O/c1-10(13,14)8(15)5-6-3-2-4-7(11)9(6)12/h2-4H,5H2,1H3. The predicted octanol–water partition coefficient (Wildman–Crippen LogP) is 3.25. The molecular weight excluding hydrogens is 229 g/mol. The van der Waals surface area contributed by atoms with Gasteiger partial charge in [0, 0.05) is 13.3 Å². The molecule has 0 amide bonds. The van der Waals surface area contributed by atoms with E-state index in [0.29, 0.717) is 6.92 Å². The number of benzene rings is 1. The van der Waals surface area contributed by atoms with Gasteiger partial charge in [-0.2, -0.15) is 8.78 Å². The van der Waals surface area contributed by atoms with E-state index < -0.39 is 23.9 Å². The van der Waals surface area contributed by atoms with Gasteiger partial charge in [0.1, 0.15) is 5.82 Å². The van der Waals surface area contributed by atoms with Crippen molar-refractivity contribution in [3.05, 3.63) is 34.6 Å². The van der Waals surface area contributed by atoms with E-state index in [1.807, 2.05) is 0 Å². The van der Waals surface area contributed by atoms with Gasteiger partial charge in [0.2, 0.25) is 5.78 Å². The van der Waals surface area contributed by atoms with Crippen LogP contribution in [-0.4, -0.2) is 11.7 Å². The van der Waals surface area contributed by atoms with E-state index in [0.717, 1.165) is 0 Å². The molecule has 15 heavy (non-hydrogen) atoms. The molecule has 0 fully saturated rings. The normalized spacial score (nSPS) is 11.5. The van der Waals surface area contributed by atoms with Crippen LogP contribution >= 0.6 is 11.6 Å². The molecule has 0 aliphatic carbocycles. The fourth-order valence-corrected chi connectivity index (χ4v) is 1.21. The van der Waals surface area contributed by atoms with E-state index in [1.54, 1.807) is 0 Å². The smallest absolute Gasteiger partial charge is 0.293 e. The van der Waals surface area contributed by atoms with Crippen LogP contribution in [0.2, 0.25) is 5.02 Å². The van der Waals surface area contributed by atoms with Crippen molar-refractivity contribution in [2.24, 2.45) is 0 Å². The monoisotopic (exact) mass is 236 g/mol. The quantitative estimate of drug-likeness (QED) is 0.787. The number of hydrogen-bond donors (Lipinski definition) is 0. The summed E-state index contributed by atoms with van der Waals surface area (Å²) < 4.78 is 38.3. The van der Waals surface area contributed by atoms with Gasteiger partial charge in [-0.15, -0.1) is 0 Å². The van der Waals surface area contributed by atoms with Crippen molar-refractivity contribution in [3.8, 4) is 0 Å². The van der Waals surface area contributed by atoms with E-state index in [-0.39, 0.29) is 10.6 Å². The molecular formula is C10H8ClF3O. The molecule has 0 saturated heterocycles. The van der Waals surface area contributed by atoms with Gasteiger partial charge in [0.25, 0.3) is 0 Å². The number of ketones is 1. The Labute approximate surface area is 89.9 Å². The van der Waals surface area contributed by atoms with Crippen LogP contribution in [0.3, 0.4) is 0 Å². The average Bonchev–Trinajstić information content (AvgIpc) is 2.11. The summed E-state index contributed by atoms with van der Waals surface area (Å²) in [4.78, 5) is 10.9. The zero-order chi connectivity index (χ0) is 11.6. The highest BCUT2D eigenvalue weighted by Gasteiger charge is 2.32. The van der Waals surface area contributed by atoms with Gasteiger partial charge in [-0.1, -0.05) is 23.7 Å². The molecule has 0 aliphatic heterocycles. The van der Waals surface area contributed by atoms with Crippen molar-refractivity contribution in [2.45, 2.75) is 19.3 Å². The minimum atomic E-state index is -3.45. The molecule has 0 bridgehead atoms. The Hall–Kier alpha value is -1.03. The Bertz CT molecular complexity index is 385. The molecule has 1 aromatic rings. The Morgan fingerprint density at radius 3 is 2.60 bits per heavy atom. The van der Waals surface area contributed by atoms with Crippen molar-refractivity contribution < 1.29 is 18.0 Å². The third kappa shape index (κ3) is 2.96. The van der Waals surface area contributed by atoms with Crippen molar-refractivity contribution >= 4 is 17.4 Å². The van der Waals surface area contributed by atoms with Crippen molar-refractivity contribution in [1.82, 2.24) is 0 Å². The van der Waals surface area contributed by atoms with Gasteiger partial charge in [0.05, 0.1) is 5.02 Å². The Balaban J connectivity index is 2.91. The molecule has 0 radical (unpaired) electrons. The fraction of sp³-hybridized carbons (Fsp3) is 0.300. The van der Waals surface area contributed by atoms with Crippen LogP contribution in [0.4, 0.5) is 13.2 Å². The summed E-state index contributed by atoms with van der Waals surface area (Å²) in [6, 6.07) is 3.95. The van der Waals surface area contributed by atoms with E-state index >= 15 is 0 Å². The largest absolute Gasteiger partial charge is 0.302 e. The molecule has 1 rings (SSSR count). The van der Waals surface area contributed by atoms with Crippen LogP contribution in [0, 0.1) is 5.82 Å². The van der Waals surface area contributed by atoms with Crippen LogP contribution in [-0.2, 0) is 11.2 Å². The lowest BCUT2D eigenvalue weighted by molar-refractivity contribution is -0.139. The first-order valence-electron chi connectivity index (χ1n) is 4.16. The van der Waals surface area contributed by atoms with Crippen LogP contribution in [0.15, 0.2) is 18.2 Å². The molecule has 0 atom stereocenters. The molecule has 1 aromatic carbocycles. The van der Waals surface area contributed by atoms with Gasteiger partial charge in [0.15, 0.2) is 0 Å². The summed E-state index contributed by atoms with van der Waals surface area (Å²) in [6.45, 7) is 0.484. The summed E-state index contributed by atoms with van der Waals surface area (Å²) in [5.41, 5.74) is -0.117. The zero-order valence-electron chi connectivity index (χ0n) is 7.86. The molecule has 0 aromatic heterocycles. The molecule has 0 saturated carbocycles. The van der Waals surface area contributed by atoms with Gasteiger partial charge in [-0.3, -0.25) is 4.79 Å². The zero-order valence-corrected chi connectivity index (χ0v) is 8.62. The highest BCUT2D eigenvalue weighted by Crippen LogP contribution is 2.21. The third-order valence-electron chi connectivity index (χ3n) is 1.87. The van der Waals surface area contributed by atoms with E-state index in [4.69, 9.17) is 11.6 Å². The predicted molar refractivity (Wildman–Crippen MR) is 50.7 cm³/mol. The minimum Gasteiger partial charge on any atom is -0.293 e. The molecule has 0 spiro atoms. The topological polar surface area (TPSA) is 17.1 Å². The van der Waals surface area contributed by atoms with E-state index in [1.165, 1.54) is 18.2 Å². The molecule has 0 heterocycles. The SMILES string of the molecule is CC(F)(F)C(=O)Cc1cccc(Cl)c1F. The van der Waals surface area contributed by atoms with E-state index in [2.05, 4.69) is 0 Å². The first-order chi connectivity index (χ1) is 6.82. The number of carbonyl (C=O) groups is 1. The van der Waals surface area contributed by atoms with Crippen LogP contribution in [0.25, 0.3) is 0 Å². The first kappa shape index (κ1) is 12.0. The number of carbonyl (C=O) groups excluding carboxylic acids is 1. The second-order valence-corrected chi connectivity index (χ2v) is 3.61. The van der Waals surface area contributed by atoms with Crippen LogP contribution < -0.4 is 0 Å². The Morgan fingerprint density at radius 1 is 1.47 bits per heavy atom. The van der Waals surface area contributed by atoms with E-state index in [9.17, 15) is 18.0 Å². The van der Waals surface area contributed by atoms with Crippen molar-refractivity contribution in [1.29, 1.82) is 0 Å². The maximum atomic E-state index is 13.2. The van der Waals surface area contributed by atoms with Gasteiger partial charge in [-0.05, 0) is 11.6 Å². The highest BCUT2D eigenvalue weighted by molar-refractivity contribution is 6.30. The van der Waals surface area contributed by atoms with Gasteiger partial charge < -0.3 is 0 Å². The Kier molecular flexibility index (Phi) is 3.39. The first-order valence-corrected chi connectivity index (χ1v) is 4.54. The van der Waals surface area contributed by atoms with Crippen LogP contribution in [0.5, 0.6) is 0 Å². The molecule has 5 heteroatoms. The van der Waals surface area contributed by atoms with Crippen LogP contribution in [0.1, 0.15) is 12.5 Å². The lowest BCUT2D eigenvalue weighted by atomic mass is 10.1. The van der Waals surface area contributed by atoms with Crippen molar-refractivity contribution in [2.75, 3.05) is 0 Å². The molecule has 0 N–H and O–H groups in total. The molecule has 82 valence electrons. The number of alkyl halides is 2. The third-order valence-corrected chi connectivity index (χ3v) is 2.16. The lowest BCUT2D eigenvalue weighted by Gasteiger charge is -2.09. The second kappa shape index (κ2) is 4.23. The summed E-state index contributed by atoms with van der Waals surface area (Å²) in [7, 11) is 0. The summed E-state index contributed by atoms with van der Waals surface area (Å²) in [5.74, 6) is -5.60. The number of rotatable bonds is 3. The van der Waals surface area contributed by atoms with Crippen molar-refractivity contribution in [3.63, 3.8) is 0 Å². The molecule has 0 aliphatic rings. The van der Waals surface area contributed by atoms with Gasteiger partial charge >= 0.3 is 5.92 Å². The summed E-state index contributed by atoms with van der Waals surface area (Å²) >= 11 is 5.44. The summed E-state index contributed by atoms with van der Waals surface area (Å²) in [5, 5.41) is -0.181. The maximum absolute atomic E-state index is 13.2. The molecule has 0 unspecified atom stereocenters. The average molecular weight is 237 g/mol. The number of Topliss-reactive ketones (excluding diaryl/α,β-unsaturated/α-hetero) is 1. The number of hydrogen-bond acceptors (Lipinski definition) is 1. The molecule has 1 nitrogen and oxygen atoms in total. The Morgan fingerprint density at radius 2 is 2.07 bits per heavy atom. The summed E-state index contributed by atoms with van der Waals surface area (Å²) in [6.07, 6.45) is -0.657. The van der Waals surface area contributed by atoms with Gasteiger partial charge in [-0.25, -0.2) is 4.39 Å². The lowest BCUT2D eigenvalue weighted by Crippen LogP contribution is -2.26. The highest BCUT2D eigenvalue weighted by atomic mass is 35.5. The fourth-order valence-electron chi connectivity index (χ4n) is 1.01. The number of halogens is 4. The second-order valence-electron chi connectivity index (χ2n) is 3.20. The minimum absolute atomic E-state index is 0.117.